The number of ether oxygens (including phenoxy) is 1. The Kier molecular flexibility index (Phi) is 5.66. The van der Waals surface area contributed by atoms with Crippen molar-refractivity contribution in [3.63, 3.8) is 0 Å². The molecule has 0 amide bonds. The molecule has 0 aromatic heterocycles. The minimum Gasteiger partial charge on any atom is -0.481 e. The van der Waals surface area contributed by atoms with Crippen LogP contribution in [0.3, 0.4) is 0 Å². The third-order valence-corrected chi connectivity index (χ3v) is 2.95. The average Bonchev–Trinajstić information content (AvgIpc) is 2.36. The third-order valence-electron chi connectivity index (χ3n) is 2.95. The zero-order valence-electron chi connectivity index (χ0n) is 12.9. The Hall–Kier alpha value is -2.39. The normalized spacial score (nSPS) is 13.8. The first-order valence-electron chi connectivity index (χ1n) is 6.85. The quantitative estimate of drug-likeness (QED) is 0.629. The van der Waals surface area contributed by atoms with E-state index in [0.29, 0.717) is 11.1 Å². The van der Waals surface area contributed by atoms with E-state index in [1.807, 2.05) is 6.07 Å². The molecule has 1 rings (SSSR count). The maximum Gasteiger partial charge on any atom is 0.322 e. The van der Waals surface area contributed by atoms with Crippen molar-refractivity contribution in [1.82, 2.24) is 0 Å². The largest absolute Gasteiger partial charge is 0.481 e. The summed E-state index contributed by atoms with van der Waals surface area (Å²) in [5.41, 5.74) is 6.12. The summed E-state index contributed by atoms with van der Waals surface area (Å²) < 4.78 is 5.11. The van der Waals surface area contributed by atoms with Gasteiger partial charge >= 0.3 is 11.9 Å². The molecule has 6 heteroatoms. The van der Waals surface area contributed by atoms with Gasteiger partial charge in [0.2, 0.25) is 0 Å². The van der Waals surface area contributed by atoms with E-state index in [9.17, 15) is 14.7 Å². The highest BCUT2D eigenvalue weighted by Gasteiger charge is 2.36. The van der Waals surface area contributed by atoms with Crippen molar-refractivity contribution in [3.8, 4) is 6.07 Å². The van der Waals surface area contributed by atoms with Crippen LogP contribution in [0.4, 0.5) is 0 Å². The van der Waals surface area contributed by atoms with Crippen LogP contribution in [0.1, 0.15) is 31.9 Å². The van der Waals surface area contributed by atoms with Crippen LogP contribution in [0.15, 0.2) is 24.3 Å². The Morgan fingerprint density at radius 2 is 1.95 bits per heavy atom. The summed E-state index contributed by atoms with van der Waals surface area (Å²) in [5.74, 6) is -3.69. The van der Waals surface area contributed by atoms with Crippen LogP contribution in [0.2, 0.25) is 0 Å². The van der Waals surface area contributed by atoms with Crippen molar-refractivity contribution < 1.29 is 19.4 Å². The van der Waals surface area contributed by atoms with E-state index >= 15 is 0 Å². The van der Waals surface area contributed by atoms with Crippen molar-refractivity contribution >= 4 is 11.9 Å². The number of nitrogens with zero attached hydrogens (tertiary/aromatic N) is 1. The lowest BCUT2D eigenvalue weighted by atomic mass is 9.92. The van der Waals surface area contributed by atoms with Gasteiger partial charge in [0.1, 0.15) is 5.60 Å². The summed E-state index contributed by atoms with van der Waals surface area (Å²) in [7, 11) is 0. The molecule has 0 radical (unpaired) electrons. The molecule has 0 aliphatic carbocycles. The molecule has 0 spiro atoms. The van der Waals surface area contributed by atoms with Gasteiger partial charge < -0.3 is 15.6 Å². The molecule has 1 aromatic carbocycles. The standard InChI is InChI=1S/C16H20N2O4/c1-16(2,3)22-15(21)13(14(19)20)12(18)8-10-6-4-5-7-11(10)9-17/h4-7,12-13H,8,18H2,1-3H3,(H,19,20). The van der Waals surface area contributed by atoms with Crippen LogP contribution in [0.25, 0.3) is 0 Å². The van der Waals surface area contributed by atoms with Crippen molar-refractivity contribution in [2.24, 2.45) is 11.7 Å². The molecule has 0 saturated heterocycles. The number of aliphatic carboxylic acids is 1. The number of esters is 1. The van der Waals surface area contributed by atoms with Gasteiger partial charge in [-0.2, -0.15) is 5.26 Å². The van der Waals surface area contributed by atoms with Crippen molar-refractivity contribution in [3.05, 3.63) is 35.4 Å². The van der Waals surface area contributed by atoms with Gasteiger partial charge in [-0.1, -0.05) is 18.2 Å². The Balaban J connectivity index is 2.95. The molecule has 0 aliphatic rings. The van der Waals surface area contributed by atoms with Crippen LogP contribution < -0.4 is 5.73 Å². The molecule has 3 N–H and O–H groups in total. The Morgan fingerprint density at radius 1 is 1.36 bits per heavy atom. The van der Waals surface area contributed by atoms with Crippen molar-refractivity contribution in [2.45, 2.75) is 38.8 Å². The molecule has 22 heavy (non-hydrogen) atoms. The minimum atomic E-state index is -1.48. The summed E-state index contributed by atoms with van der Waals surface area (Å²) in [4.78, 5) is 23.4. The summed E-state index contributed by atoms with van der Waals surface area (Å²) in [6, 6.07) is 7.77. The number of nitrogens with two attached hydrogens (primary N) is 1. The molecule has 2 unspecified atom stereocenters. The highest BCUT2D eigenvalue weighted by atomic mass is 16.6. The Labute approximate surface area is 129 Å². The first-order chi connectivity index (χ1) is 10.2. The molecule has 0 bridgehead atoms. The molecular formula is C16H20N2O4. The maximum absolute atomic E-state index is 12.0. The molecule has 0 heterocycles. The number of rotatable bonds is 5. The zero-order valence-corrected chi connectivity index (χ0v) is 12.9. The lowest BCUT2D eigenvalue weighted by Crippen LogP contribution is -2.45. The van der Waals surface area contributed by atoms with Gasteiger partial charge in [0, 0.05) is 6.04 Å². The van der Waals surface area contributed by atoms with Gasteiger partial charge in [0.15, 0.2) is 5.92 Å². The van der Waals surface area contributed by atoms with E-state index in [2.05, 4.69) is 0 Å². The lowest BCUT2D eigenvalue weighted by molar-refractivity contribution is -0.167. The topological polar surface area (TPSA) is 113 Å². The second-order valence-electron chi connectivity index (χ2n) is 5.99. The minimum absolute atomic E-state index is 0.0972. The predicted molar refractivity (Wildman–Crippen MR) is 79.8 cm³/mol. The molecule has 1 aromatic rings. The molecule has 118 valence electrons. The zero-order chi connectivity index (χ0) is 16.9. The highest BCUT2D eigenvalue weighted by Crippen LogP contribution is 2.18. The van der Waals surface area contributed by atoms with E-state index < -0.39 is 29.5 Å². The number of hydrogen-bond donors (Lipinski definition) is 2. The number of hydrogen-bond acceptors (Lipinski definition) is 5. The fourth-order valence-electron chi connectivity index (χ4n) is 2.00. The van der Waals surface area contributed by atoms with Gasteiger partial charge in [-0.3, -0.25) is 9.59 Å². The van der Waals surface area contributed by atoms with Gasteiger partial charge in [-0.05, 0) is 38.8 Å². The van der Waals surface area contributed by atoms with E-state index in [1.165, 1.54) is 0 Å². The molecule has 2 atom stereocenters. The molecule has 0 aliphatic heterocycles. The fraction of sp³-hybridized carbons (Fsp3) is 0.438. The first kappa shape index (κ1) is 17.7. The molecular weight excluding hydrogens is 284 g/mol. The van der Waals surface area contributed by atoms with Gasteiger partial charge in [0.25, 0.3) is 0 Å². The first-order valence-corrected chi connectivity index (χ1v) is 6.85. The van der Waals surface area contributed by atoms with E-state index in [1.54, 1.807) is 45.0 Å². The lowest BCUT2D eigenvalue weighted by Gasteiger charge is -2.25. The number of carbonyl (C=O) groups is 2. The number of carboxylic acid groups (broad SMARTS) is 1. The molecule has 0 fully saturated rings. The van der Waals surface area contributed by atoms with Crippen LogP contribution in [-0.2, 0) is 20.7 Å². The predicted octanol–water partition coefficient (Wildman–Crippen LogP) is 1.47. The van der Waals surface area contributed by atoms with Gasteiger partial charge in [0.05, 0.1) is 11.6 Å². The molecule has 6 nitrogen and oxygen atoms in total. The number of carbonyl (C=O) groups excluding carboxylic acids is 1. The van der Waals surface area contributed by atoms with E-state index in [4.69, 9.17) is 15.7 Å². The van der Waals surface area contributed by atoms with Crippen LogP contribution in [-0.4, -0.2) is 28.7 Å². The van der Waals surface area contributed by atoms with Crippen molar-refractivity contribution in [2.75, 3.05) is 0 Å². The number of nitriles is 1. The smallest absolute Gasteiger partial charge is 0.322 e. The number of benzene rings is 1. The average molecular weight is 304 g/mol. The second-order valence-corrected chi connectivity index (χ2v) is 5.99. The number of carboxylic acids is 1. The van der Waals surface area contributed by atoms with Gasteiger partial charge in [-0.15, -0.1) is 0 Å². The van der Waals surface area contributed by atoms with Crippen LogP contribution >= 0.6 is 0 Å². The highest BCUT2D eigenvalue weighted by molar-refractivity contribution is 5.95. The summed E-state index contributed by atoms with van der Waals surface area (Å²) >= 11 is 0. The summed E-state index contributed by atoms with van der Waals surface area (Å²) in [5, 5.41) is 18.3. The SMILES string of the molecule is CC(C)(C)OC(=O)C(C(=O)O)C(N)Cc1ccccc1C#N. The van der Waals surface area contributed by atoms with E-state index in [0.717, 1.165) is 0 Å². The van der Waals surface area contributed by atoms with E-state index in [-0.39, 0.29) is 6.42 Å². The Bertz CT molecular complexity index is 599. The maximum atomic E-state index is 12.0. The Morgan fingerprint density at radius 3 is 2.45 bits per heavy atom. The monoisotopic (exact) mass is 304 g/mol. The molecule has 0 saturated carbocycles. The van der Waals surface area contributed by atoms with Gasteiger partial charge in [-0.25, -0.2) is 0 Å². The van der Waals surface area contributed by atoms with Crippen molar-refractivity contribution in [1.29, 1.82) is 5.26 Å². The summed E-state index contributed by atoms with van der Waals surface area (Å²) in [6.07, 6.45) is 0.0972. The van der Waals surface area contributed by atoms with Crippen LogP contribution in [0.5, 0.6) is 0 Å². The third kappa shape index (κ3) is 4.86. The van der Waals surface area contributed by atoms with Crippen LogP contribution in [0, 0.1) is 17.2 Å². The second kappa shape index (κ2) is 7.05. The fourth-order valence-corrected chi connectivity index (χ4v) is 2.00. The summed E-state index contributed by atoms with van der Waals surface area (Å²) in [6.45, 7) is 4.96.